The van der Waals surface area contributed by atoms with Crippen LogP contribution in [0.2, 0.25) is 0 Å². The third kappa shape index (κ3) is 13.3. The van der Waals surface area contributed by atoms with Crippen LogP contribution >= 0.6 is 24.8 Å². The van der Waals surface area contributed by atoms with Gasteiger partial charge < -0.3 is 7.43 Å². The molecule has 196 valence electrons. The molecule has 4 heteroatoms. The van der Waals surface area contributed by atoms with E-state index < -0.39 is 0 Å². The van der Waals surface area contributed by atoms with Gasteiger partial charge >= 0.3 is 33.7 Å². The largest absolute Gasteiger partial charge is 0.184 e. The Hall–Kier alpha value is -1.37. The van der Waals surface area contributed by atoms with Crippen LogP contribution in [0.4, 0.5) is 0 Å². The second kappa shape index (κ2) is 21.5. The van der Waals surface area contributed by atoms with E-state index in [0.717, 1.165) is 0 Å². The van der Waals surface area contributed by atoms with Crippen molar-refractivity contribution in [2.24, 2.45) is 11.8 Å². The molecule has 0 aliphatic heterocycles. The first kappa shape index (κ1) is 37.8. The Morgan fingerprint density at radius 1 is 0.595 bits per heavy atom. The molecule has 0 fully saturated rings. The van der Waals surface area contributed by atoms with Crippen molar-refractivity contribution in [3.05, 3.63) is 151 Å². The van der Waals surface area contributed by atoms with Crippen LogP contribution in [0.5, 0.6) is 0 Å². The summed E-state index contributed by atoms with van der Waals surface area (Å²) in [6, 6.07) is 33.5. The molecule has 0 spiro atoms. The van der Waals surface area contributed by atoms with Crippen molar-refractivity contribution in [3.8, 4) is 0 Å². The Kier molecular flexibility index (Phi) is 22.0. The zero-order chi connectivity index (χ0) is 24.8. The van der Waals surface area contributed by atoms with Gasteiger partial charge in [0.05, 0.1) is 0 Å². The molecule has 3 aromatic rings. The smallest absolute Gasteiger partial charge is 0.171 e. The Morgan fingerprint density at radius 3 is 1.14 bits per heavy atom. The van der Waals surface area contributed by atoms with Gasteiger partial charge in [-0.05, 0) is 0 Å². The standard InChI is InChI=1S/2C13H13.C6H5.CH3.2ClH.GeH2.Zr/c2*1-10-8-11(2)13(9-10)12-6-4-3-5-7-12;1-2-4-6-5-3-1;;;;;/h2*3-7,9-10H,1-2H3;1-5H;1H3;2*1H;1H2;/q4*-1;;;;. The van der Waals surface area contributed by atoms with Gasteiger partial charge in [0.2, 0.25) is 0 Å². The van der Waals surface area contributed by atoms with Gasteiger partial charge in [-0.2, -0.15) is 59.7 Å². The van der Waals surface area contributed by atoms with Crippen LogP contribution in [0.15, 0.2) is 114 Å². The summed E-state index contributed by atoms with van der Waals surface area (Å²) in [6.07, 6.45) is 11.3. The first-order valence-corrected chi connectivity index (χ1v) is 22.1. The average molecular weight is 669 g/mol. The van der Waals surface area contributed by atoms with Gasteiger partial charge in [-0.25, -0.2) is 11.1 Å². The molecule has 0 aromatic heterocycles. The van der Waals surface area contributed by atoms with E-state index >= 15 is 0 Å². The molecule has 0 amide bonds. The third-order valence-corrected chi connectivity index (χ3v) is 5.31. The molecule has 3 aromatic carbocycles. The molecular formula is C33H38Cl2GeZr-4. The number of halogens is 2. The summed E-state index contributed by atoms with van der Waals surface area (Å²) in [7, 11) is 0. The molecule has 5 rings (SSSR count). The molecule has 0 N–H and O–H groups in total. The fourth-order valence-corrected chi connectivity index (χ4v) is 3.87. The van der Waals surface area contributed by atoms with E-state index in [1.807, 2.05) is 42.5 Å². The van der Waals surface area contributed by atoms with Gasteiger partial charge in [-0.1, -0.05) is 100 Å². The molecule has 2 aliphatic rings. The predicted molar refractivity (Wildman–Crippen MR) is 167 cm³/mol. The van der Waals surface area contributed by atoms with Crippen molar-refractivity contribution in [3.63, 3.8) is 0 Å². The number of hydrogen-bond acceptors (Lipinski definition) is 0. The Bertz CT molecular complexity index is 1020. The molecule has 0 saturated carbocycles. The molecule has 0 heterocycles. The minimum Gasteiger partial charge on any atom is -0.184 e. The summed E-state index contributed by atoms with van der Waals surface area (Å²) < 4.78 is 0. The normalized spacial score (nSPS) is 16.3. The molecule has 0 saturated heterocycles. The van der Waals surface area contributed by atoms with Crippen LogP contribution in [0, 0.1) is 37.5 Å². The fraction of sp³-hybridized carbons (Fsp3) is 0.182. The Morgan fingerprint density at radius 2 is 0.919 bits per heavy atom. The van der Waals surface area contributed by atoms with Crippen LogP contribution < -0.4 is 0 Å². The minimum absolute atomic E-state index is 0. The molecule has 0 bridgehead atoms. The fourth-order valence-electron chi connectivity index (χ4n) is 3.87. The summed E-state index contributed by atoms with van der Waals surface area (Å²) >= 11 is 3.14. The maximum Gasteiger partial charge on any atom is -0.171 e. The van der Waals surface area contributed by atoms with Crippen LogP contribution in [-0.2, 0) is 21.6 Å². The zero-order valence-corrected chi connectivity index (χ0v) is 29.6. The van der Waals surface area contributed by atoms with Crippen LogP contribution in [0.1, 0.15) is 38.8 Å². The SMILES string of the molecule is CC1=[C-]C(C)C=C1c1ccccc1.CC1=[C-]C(C)C=C1c1ccccc1.Cl.Cl.[CH3-].[GeH2]=[Zr].[c-]1ccccc1. The van der Waals surface area contributed by atoms with Crippen LogP contribution in [0.3, 0.4) is 0 Å². The van der Waals surface area contributed by atoms with Gasteiger partial charge in [0.15, 0.2) is 0 Å². The summed E-state index contributed by atoms with van der Waals surface area (Å²) in [4.78, 5) is 0. The molecule has 2 aliphatic carbocycles. The van der Waals surface area contributed by atoms with E-state index in [1.54, 1.807) is 21.6 Å². The van der Waals surface area contributed by atoms with E-state index in [-0.39, 0.29) is 32.2 Å². The van der Waals surface area contributed by atoms with Crippen LogP contribution in [0.25, 0.3) is 11.1 Å². The number of allylic oxidation sites excluding steroid dienone is 8. The van der Waals surface area contributed by atoms with Gasteiger partial charge in [0, 0.05) is 0 Å². The van der Waals surface area contributed by atoms with Gasteiger partial charge in [-0.15, -0.1) is 35.9 Å². The second-order valence-electron chi connectivity index (χ2n) is 8.09. The predicted octanol–water partition coefficient (Wildman–Crippen LogP) is 8.80. The van der Waals surface area contributed by atoms with Crippen molar-refractivity contribution in [1.29, 1.82) is 0 Å². The maximum atomic E-state index is 3.39. The summed E-state index contributed by atoms with van der Waals surface area (Å²) in [5.41, 5.74) is 7.84. The maximum absolute atomic E-state index is 3.39. The number of benzene rings is 3. The molecule has 0 nitrogen and oxygen atoms in total. The van der Waals surface area contributed by atoms with Crippen molar-refractivity contribution in [1.82, 2.24) is 0 Å². The topological polar surface area (TPSA) is 0 Å². The minimum atomic E-state index is 0. The molecular weight excluding hydrogens is 631 g/mol. The van der Waals surface area contributed by atoms with Gasteiger partial charge in [-0.3, -0.25) is 12.2 Å². The molecule has 0 radical (unpaired) electrons. The van der Waals surface area contributed by atoms with E-state index in [9.17, 15) is 0 Å². The molecule has 37 heavy (non-hydrogen) atoms. The van der Waals surface area contributed by atoms with Crippen molar-refractivity contribution < 1.29 is 21.6 Å². The zero-order valence-electron chi connectivity index (χ0n) is 22.5. The van der Waals surface area contributed by atoms with E-state index in [4.69, 9.17) is 0 Å². The second-order valence-corrected chi connectivity index (χ2v) is 8.09. The van der Waals surface area contributed by atoms with Gasteiger partial charge in [0.25, 0.3) is 0 Å². The summed E-state index contributed by atoms with van der Waals surface area (Å²) in [6.45, 7) is 8.59. The third-order valence-electron chi connectivity index (χ3n) is 5.31. The number of hydrogen-bond donors (Lipinski definition) is 0. The first-order valence-electron chi connectivity index (χ1n) is 11.6. The van der Waals surface area contributed by atoms with E-state index in [1.165, 1.54) is 45.6 Å². The quantitative estimate of drug-likeness (QED) is 0.189. The Balaban J connectivity index is 0. The molecule has 2 atom stereocenters. The van der Waals surface area contributed by atoms with E-state index in [2.05, 4.69) is 107 Å². The van der Waals surface area contributed by atoms with Crippen molar-refractivity contribution >= 4 is 48.1 Å². The first-order chi connectivity index (χ1) is 16.5. The van der Waals surface area contributed by atoms with E-state index in [0.29, 0.717) is 11.8 Å². The average Bonchev–Trinajstić information content (AvgIpc) is 3.42. The van der Waals surface area contributed by atoms with Crippen LogP contribution in [-0.4, -0.2) is 12.1 Å². The Labute approximate surface area is 258 Å². The van der Waals surface area contributed by atoms with Crippen molar-refractivity contribution in [2.45, 2.75) is 27.7 Å². The number of rotatable bonds is 2. The molecule has 2 unspecified atom stereocenters. The van der Waals surface area contributed by atoms with Gasteiger partial charge in [0.1, 0.15) is 0 Å². The summed E-state index contributed by atoms with van der Waals surface area (Å²) in [5.74, 6) is 0.936. The monoisotopic (exact) mass is 668 g/mol. The summed E-state index contributed by atoms with van der Waals surface area (Å²) in [5, 5.41) is 0. The van der Waals surface area contributed by atoms with Crippen molar-refractivity contribution in [2.75, 3.05) is 0 Å².